The number of hydrogen-bond acceptors (Lipinski definition) is 3. The normalized spacial score (nSPS) is 11.1. The predicted octanol–water partition coefficient (Wildman–Crippen LogP) is 0.756. The Labute approximate surface area is 80.8 Å². The summed E-state index contributed by atoms with van der Waals surface area (Å²) in [6.07, 6.45) is 0. The molecule has 2 aromatic heterocycles. The number of nitrogens with zero attached hydrogens (tertiary/aromatic N) is 3. The van der Waals surface area contributed by atoms with Crippen LogP contribution in [0.15, 0.2) is 4.79 Å². The molecule has 5 nitrogen and oxygen atoms in total. The summed E-state index contributed by atoms with van der Waals surface area (Å²) in [5.41, 5.74) is 1.95. The van der Waals surface area contributed by atoms with Gasteiger partial charge in [-0.25, -0.2) is 4.98 Å². The summed E-state index contributed by atoms with van der Waals surface area (Å²) in [6.45, 7) is 6.26. The summed E-state index contributed by atoms with van der Waals surface area (Å²) >= 11 is 0. The van der Waals surface area contributed by atoms with E-state index < -0.39 is 0 Å². The van der Waals surface area contributed by atoms with Gasteiger partial charge >= 0.3 is 0 Å². The zero-order valence-corrected chi connectivity index (χ0v) is 8.46. The molecular weight excluding hydrogens is 180 g/mol. The number of aromatic amines is 1. The molecule has 0 bridgehead atoms. The Morgan fingerprint density at radius 2 is 2.14 bits per heavy atom. The van der Waals surface area contributed by atoms with Crippen LogP contribution < -0.4 is 5.56 Å². The highest BCUT2D eigenvalue weighted by Gasteiger charge is 2.11. The van der Waals surface area contributed by atoms with E-state index in [0.717, 1.165) is 5.69 Å². The van der Waals surface area contributed by atoms with Crippen molar-refractivity contribution in [3.05, 3.63) is 21.9 Å². The Bertz CT molecular complexity index is 537. The summed E-state index contributed by atoms with van der Waals surface area (Å²) < 4.78 is 1.68. The quantitative estimate of drug-likeness (QED) is 0.725. The van der Waals surface area contributed by atoms with Crippen molar-refractivity contribution in [2.45, 2.75) is 27.3 Å². The van der Waals surface area contributed by atoms with Crippen LogP contribution in [0.3, 0.4) is 0 Å². The minimum absolute atomic E-state index is 0.116. The van der Waals surface area contributed by atoms with E-state index in [1.807, 2.05) is 13.8 Å². The highest BCUT2D eigenvalue weighted by molar-refractivity contribution is 5.76. The van der Waals surface area contributed by atoms with Crippen molar-refractivity contribution in [2.24, 2.45) is 0 Å². The summed E-state index contributed by atoms with van der Waals surface area (Å²) in [4.78, 5) is 18.6. The van der Waals surface area contributed by atoms with Crippen LogP contribution in [0.1, 0.15) is 18.4 Å². The minimum Gasteiger partial charge on any atom is -0.309 e. The average molecular weight is 192 g/mol. The Hall–Kier alpha value is -1.65. The average Bonchev–Trinajstić information content (AvgIpc) is 2.43. The predicted molar refractivity (Wildman–Crippen MR) is 53.3 cm³/mol. The maximum Gasteiger partial charge on any atom is 0.277 e. The highest BCUT2D eigenvalue weighted by atomic mass is 16.1. The van der Waals surface area contributed by atoms with Gasteiger partial charge in [-0.05, 0) is 20.8 Å². The number of aryl methyl sites for hydroxylation is 3. The molecule has 0 unspecified atom stereocenters. The van der Waals surface area contributed by atoms with Crippen LogP contribution in [0.4, 0.5) is 0 Å². The van der Waals surface area contributed by atoms with Crippen molar-refractivity contribution in [3.8, 4) is 0 Å². The molecule has 0 aliphatic rings. The molecule has 2 heterocycles. The standard InChI is InChI=1S/C9H12N4O/c1-4-13-8-7(5(2)12-13)10-6(3)11-9(8)14/h4H2,1-3H3,(H,10,11,14). The number of aromatic nitrogens is 4. The van der Waals surface area contributed by atoms with Gasteiger partial charge in [0.05, 0.1) is 5.69 Å². The van der Waals surface area contributed by atoms with Crippen molar-refractivity contribution in [1.29, 1.82) is 0 Å². The Morgan fingerprint density at radius 1 is 1.43 bits per heavy atom. The van der Waals surface area contributed by atoms with Crippen LogP contribution in [0.25, 0.3) is 11.0 Å². The molecule has 0 atom stereocenters. The van der Waals surface area contributed by atoms with Crippen LogP contribution in [0, 0.1) is 13.8 Å². The number of hydrogen-bond donors (Lipinski definition) is 1. The summed E-state index contributed by atoms with van der Waals surface area (Å²) in [5.74, 6) is 0.626. The topological polar surface area (TPSA) is 63.6 Å². The van der Waals surface area contributed by atoms with Gasteiger partial charge in [-0.3, -0.25) is 9.48 Å². The smallest absolute Gasteiger partial charge is 0.277 e. The second-order valence-electron chi connectivity index (χ2n) is 3.25. The number of fused-ring (bicyclic) bond motifs is 1. The van der Waals surface area contributed by atoms with Gasteiger partial charge in [0, 0.05) is 6.54 Å². The fourth-order valence-corrected chi connectivity index (χ4v) is 1.58. The Kier molecular flexibility index (Phi) is 1.87. The van der Waals surface area contributed by atoms with E-state index in [1.54, 1.807) is 11.6 Å². The molecule has 2 rings (SSSR count). The third kappa shape index (κ3) is 1.13. The molecule has 0 aliphatic carbocycles. The molecule has 2 aromatic rings. The molecule has 0 fully saturated rings. The molecule has 0 saturated heterocycles. The van der Waals surface area contributed by atoms with Crippen LogP contribution >= 0.6 is 0 Å². The first-order chi connectivity index (χ1) is 6.63. The van der Waals surface area contributed by atoms with Gasteiger partial charge in [-0.15, -0.1) is 0 Å². The van der Waals surface area contributed by atoms with Crippen molar-refractivity contribution in [1.82, 2.24) is 19.7 Å². The van der Waals surface area contributed by atoms with Gasteiger partial charge in [0.2, 0.25) is 0 Å². The van der Waals surface area contributed by atoms with E-state index in [1.165, 1.54) is 0 Å². The van der Waals surface area contributed by atoms with Crippen LogP contribution in [-0.2, 0) is 6.54 Å². The molecular formula is C9H12N4O. The monoisotopic (exact) mass is 192 g/mol. The summed E-state index contributed by atoms with van der Waals surface area (Å²) in [7, 11) is 0. The summed E-state index contributed by atoms with van der Waals surface area (Å²) in [5, 5.41) is 4.24. The largest absolute Gasteiger partial charge is 0.309 e. The van der Waals surface area contributed by atoms with Gasteiger partial charge in [-0.1, -0.05) is 0 Å². The maximum absolute atomic E-state index is 11.6. The Morgan fingerprint density at radius 3 is 2.79 bits per heavy atom. The molecule has 0 radical (unpaired) electrons. The molecule has 0 amide bonds. The van der Waals surface area contributed by atoms with E-state index >= 15 is 0 Å². The molecule has 0 aromatic carbocycles. The first-order valence-corrected chi connectivity index (χ1v) is 4.57. The third-order valence-electron chi connectivity index (χ3n) is 2.18. The lowest BCUT2D eigenvalue weighted by Gasteiger charge is -1.96. The number of nitrogens with one attached hydrogen (secondary N) is 1. The van der Waals surface area contributed by atoms with E-state index in [9.17, 15) is 4.79 Å². The lowest BCUT2D eigenvalue weighted by molar-refractivity contribution is 0.673. The molecule has 5 heteroatoms. The fourth-order valence-electron chi connectivity index (χ4n) is 1.58. The summed E-state index contributed by atoms with van der Waals surface area (Å²) in [6, 6.07) is 0. The minimum atomic E-state index is -0.116. The first kappa shape index (κ1) is 8.93. The van der Waals surface area contributed by atoms with E-state index in [-0.39, 0.29) is 5.56 Å². The van der Waals surface area contributed by atoms with Crippen molar-refractivity contribution in [3.63, 3.8) is 0 Å². The van der Waals surface area contributed by atoms with Gasteiger partial charge in [0.1, 0.15) is 11.3 Å². The molecule has 0 aliphatic heterocycles. The molecule has 14 heavy (non-hydrogen) atoms. The van der Waals surface area contributed by atoms with Crippen LogP contribution in [0.5, 0.6) is 0 Å². The fraction of sp³-hybridized carbons (Fsp3) is 0.444. The number of H-pyrrole nitrogens is 1. The zero-order chi connectivity index (χ0) is 10.3. The Balaban J connectivity index is 2.97. The van der Waals surface area contributed by atoms with Gasteiger partial charge in [0.25, 0.3) is 5.56 Å². The first-order valence-electron chi connectivity index (χ1n) is 4.57. The van der Waals surface area contributed by atoms with Gasteiger partial charge in [0.15, 0.2) is 5.52 Å². The van der Waals surface area contributed by atoms with Crippen molar-refractivity contribution < 1.29 is 0 Å². The lowest BCUT2D eigenvalue weighted by Crippen LogP contribution is -2.13. The lowest BCUT2D eigenvalue weighted by atomic mass is 10.3. The van der Waals surface area contributed by atoms with Crippen molar-refractivity contribution in [2.75, 3.05) is 0 Å². The van der Waals surface area contributed by atoms with Gasteiger partial charge < -0.3 is 4.98 Å². The van der Waals surface area contributed by atoms with Crippen molar-refractivity contribution >= 4 is 11.0 Å². The second-order valence-corrected chi connectivity index (χ2v) is 3.25. The second kappa shape index (κ2) is 2.94. The maximum atomic E-state index is 11.6. The molecule has 0 spiro atoms. The van der Waals surface area contributed by atoms with E-state index in [2.05, 4.69) is 15.1 Å². The third-order valence-corrected chi connectivity index (χ3v) is 2.18. The molecule has 0 saturated carbocycles. The molecule has 74 valence electrons. The van der Waals surface area contributed by atoms with E-state index in [4.69, 9.17) is 0 Å². The highest BCUT2D eigenvalue weighted by Crippen LogP contribution is 2.10. The zero-order valence-electron chi connectivity index (χ0n) is 8.46. The van der Waals surface area contributed by atoms with E-state index in [0.29, 0.717) is 23.4 Å². The van der Waals surface area contributed by atoms with Gasteiger partial charge in [-0.2, -0.15) is 5.10 Å². The van der Waals surface area contributed by atoms with Crippen LogP contribution in [-0.4, -0.2) is 19.7 Å². The SMILES string of the molecule is CCn1nc(C)c2nc(C)[nH]c(=O)c21. The number of rotatable bonds is 1. The molecule has 1 N–H and O–H groups in total. The van der Waals surface area contributed by atoms with Crippen LogP contribution in [0.2, 0.25) is 0 Å².